The van der Waals surface area contributed by atoms with Crippen LogP contribution in [0, 0.1) is 0 Å². The molecule has 6 nitrogen and oxygen atoms in total. The van der Waals surface area contributed by atoms with Gasteiger partial charge in [0.05, 0.1) is 11.9 Å². The normalized spacial score (nSPS) is 28.8. The zero-order valence-corrected chi connectivity index (χ0v) is 17.3. The van der Waals surface area contributed by atoms with Crippen molar-refractivity contribution in [3.05, 3.63) is 22.2 Å². The number of carbonyl (C=O) groups excluding carboxylic acids is 1. The fourth-order valence-corrected chi connectivity index (χ4v) is 5.68. The number of hydrogen-bond acceptors (Lipinski definition) is 5. The van der Waals surface area contributed by atoms with E-state index >= 15 is 0 Å². The van der Waals surface area contributed by atoms with Gasteiger partial charge in [-0.25, -0.2) is 9.80 Å². The smallest absolute Gasteiger partial charge is 0.409 e. The van der Waals surface area contributed by atoms with E-state index in [1.54, 1.807) is 0 Å². The van der Waals surface area contributed by atoms with Crippen LogP contribution < -0.4 is 15.1 Å². The summed E-state index contributed by atoms with van der Waals surface area (Å²) in [5.74, 6) is 0.593. The first-order chi connectivity index (χ1) is 12.4. The zero-order chi connectivity index (χ0) is 18.5. The van der Waals surface area contributed by atoms with Gasteiger partial charge < -0.3 is 9.64 Å². The Morgan fingerprint density at radius 1 is 1.23 bits per heavy atom. The average molecular weight is 423 g/mol. The molecular weight excluding hydrogens is 396 g/mol. The molecule has 1 amide bonds. The highest BCUT2D eigenvalue weighted by atomic mass is 79.9. The molecule has 0 aliphatic carbocycles. The molecule has 1 aromatic carbocycles. The van der Waals surface area contributed by atoms with Crippen molar-refractivity contribution in [2.24, 2.45) is 0 Å². The second-order valence-corrected chi connectivity index (χ2v) is 8.84. The Hall–Kier alpha value is -1.31. The van der Waals surface area contributed by atoms with Crippen molar-refractivity contribution in [3.63, 3.8) is 0 Å². The second kappa shape index (κ2) is 6.69. The number of likely N-dealkylation sites (N-methyl/N-ethyl adjacent to an activating group) is 2. The van der Waals surface area contributed by atoms with E-state index in [-0.39, 0.29) is 5.41 Å². The lowest BCUT2D eigenvalue weighted by atomic mass is 9.81. The van der Waals surface area contributed by atoms with Gasteiger partial charge in [-0.1, -0.05) is 13.3 Å². The number of nitrogens with one attached hydrogen (secondary N) is 1. The molecule has 2 atom stereocenters. The van der Waals surface area contributed by atoms with E-state index in [1.165, 1.54) is 17.7 Å². The van der Waals surface area contributed by atoms with Crippen molar-refractivity contribution in [2.75, 3.05) is 38.6 Å². The van der Waals surface area contributed by atoms with E-state index in [0.29, 0.717) is 11.9 Å². The molecule has 4 rings (SSSR count). The summed E-state index contributed by atoms with van der Waals surface area (Å²) in [6.07, 6.45) is 4.49. The molecule has 1 N–H and O–H groups in total. The van der Waals surface area contributed by atoms with E-state index < -0.39 is 6.09 Å². The number of nitrogens with zero attached hydrogens (tertiary/aromatic N) is 3. The van der Waals surface area contributed by atoms with Crippen molar-refractivity contribution in [1.82, 2.24) is 15.3 Å². The zero-order valence-electron chi connectivity index (χ0n) is 15.7. The Balaban J connectivity index is 1.56. The summed E-state index contributed by atoms with van der Waals surface area (Å²) in [5.41, 5.74) is 5.37. The van der Waals surface area contributed by atoms with Crippen LogP contribution in [0.3, 0.4) is 0 Å². The first-order valence-electron chi connectivity index (χ1n) is 9.41. The molecule has 7 heteroatoms. The van der Waals surface area contributed by atoms with Gasteiger partial charge in [-0.15, -0.1) is 0 Å². The predicted molar refractivity (Wildman–Crippen MR) is 106 cm³/mol. The molecule has 0 aromatic heterocycles. The number of ether oxygens (including phenoxy) is 1. The first kappa shape index (κ1) is 18.1. The van der Waals surface area contributed by atoms with Gasteiger partial charge in [0.1, 0.15) is 5.75 Å². The predicted octanol–water partition coefficient (Wildman–Crippen LogP) is 3.31. The minimum absolute atomic E-state index is 0.0457. The van der Waals surface area contributed by atoms with Crippen LogP contribution in [0.5, 0.6) is 5.75 Å². The Bertz CT molecular complexity index is 722. The van der Waals surface area contributed by atoms with Crippen LogP contribution in [0.15, 0.2) is 16.6 Å². The van der Waals surface area contributed by atoms with Crippen LogP contribution in [0.25, 0.3) is 0 Å². The number of hydrogen-bond donors (Lipinski definition) is 1. The van der Waals surface area contributed by atoms with E-state index in [1.807, 2.05) is 17.1 Å². The number of piperidine rings is 1. The summed E-state index contributed by atoms with van der Waals surface area (Å²) in [6, 6.07) is 3.95. The largest absolute Gasteiger partial charge is 0.427 e. The molecule has 3 heterocycles. The first-order valence-corrected chi connectivity index (χ1v) is 10.2. The Kier molecular flexibility index (Phi) is 4.65. The number of rotatable bonds is 2. The van der Waals surface area contributed by atoms with Crippen molar-refractivity contribution in [3.8, 4) is 5.75 Å². The maximum Gasteiger partial charge on any atom is 0.427 e. The monoisotopic (exact) mass is 422 g/mol. The fraction of sp³-hybridized carbons (Fsp3) is 0.632. The highest BCUT2D eigenvalue weighted by Gasteiger charge is 2.53. The molecule has 0 saturated carbocycles. The van der Waals surface area contributed by atoms with Gasteiger partial charge in [-0.3, -0.25) is 10.3 Å². The average Bonchev–Trinajstić information content (AvgIpc) is 3.01. The molecule has 26 heavy (non-hydrogen) atoms. The molecule has 142 valence electrons. The third-order valence-corrected chi connectivity index (χ3v) is 6.76. The standard InChI is InChI=1S/C19H27BrN4O2/c1-19-7-10-22(2)17(19)23(3)16-14(19)11-13(12-15(16)20)26-18(25)21-24-8-5-4-6-9-24/h11-12,17H,4-10H2,1-3H3,(H,21,25)/t17-,19+/m1/s1. The highest BCUT2D eigenvalue weighted by molar-refractivity contribution is 9.10. The molecule has 1 aromatic rings. The number of halogens is 1. The number of carbonyl (C=O) groups is 1. The summed E-state index contributed by atoms with van der Waals surface area (Å²) in [5, 5.41) is 1.95. The molecular formula is C19H27BrN4O2. The van der Waals surface area contributed by atoms with Crippen LogP contribution in [-0.2, 0) is 5.41 Å². The van der Waals surface area contributed by atoms with Crippen LogP contribution >= 0.6 is 15.9 Å². The summed E-state index contributed by atoms with van der Waals surface area (Å²) in [7, 11) is 4.32. The number of benzene rings is 1. The molecule has 3 aliphatic rings. The maximum atomic E-state index is 12.3. The lowest BCUT2D eigenvalue weighted by molar-refractivity contribution is 0.129. The molecule has 0 radical (unpaired) electrons. The summed E-state index contributed by atoms with van der Waals surface area (Å²) in [6.45, 7) is 5.16. The van der Waals surface area contributed by atoms with Crippen molar-refractivity contribution in [1.29, 1.82) is 0 Å². The van der Waals surface area contributed by atoms with E-state index in [9.17, 15) is 4.79 Å². The third-order valence-electron chi connectivity index (χ3n) is 6.16. The van der Waals surface area contributed by atoms with Crippen LogP contribution in [-0.4, -0.2) is 55.9 Å². The number of amides is 1. The van der Waals surface area contributed by atoms with Crippen LogP contribution in [0.4, 0.5) is 10.5 Å². The number of fused-ring (bicyclic) bond motifs is 3. The highest BCUT2D eigenvalue weighted by Crippen LogP contribution is 2.54. The number of hydrazine groups is 1. The van der Waals surface area contributed by atoms with Gasteiger partial charge in [0.2, 0.25) is 0 Å². The van der Waals surface area contributed by atoms with Gasteiger partial charge in [0, 0.05) is 36.6 Å². The minimum atomic E-state index is -0.407. The van der Waals surface area contributed by atoms with Crippen molar-refractivity contribution in [2.45, 2.75) is 44.2 Å². The second-order valence-electron chi connectivity index (χ2n) is 7.98. The molecule has 2 fully saturated rings. The molecule has 2 saturated heterocycles. The minimum Gasteiger partial charge on any atom is -0.409 e. The lowest BCUT2D eigenvalue weighted by Gasteiger charge is -2.32. The fourth-order valence-electron chi connectivity index (χ4n) is 4.96. The Morgan fingerprint density at radius 2 is 1.96 bits per heavy atom. The van der Waals surface area contributed by atoms with Gasteiger partial charge in [-0.2, -0.15) is 0 Å². The molecule has 0 spiro atoms. The van der Waals surface area contributed by atoms with Gasteiger partial charge in [0.25, 0.3) is 0 Å². The van der Waals surface area contributed by atoms with Crippen molar-refractivity contribution >= 4 is 27.7 Å². The topological polar surface area (TPSA) is 48.1 Å². The van der Waals surface area contributed by atoms with E-state index in [2.05, 4.69) is 52.2 Å². The Morgan fingerprint density at radius 3 is 2.69 bits per heavy atom. The third kappa shape index (κ3) is 2.90. The summed E-state index contributed by atoms with van der Waals surface area (Å²) in [4.78, 5) is 17.0. The molecule has 3 aliphatic heterocycles. The Labute approximate surface area is 163 Å². The van der Waals surface area contributed by atoms with E-state index in [0.717, 1.165) is 43.4 Å². The molecule has 0 bridgehead atoms. The van der Waals surface area contributed by atoms with Crippen LogP contribution in [0.1, 0.15) is 38.2 Å². The van der Waals surface area contributed by atoms with Gasteiger partial charge >= 0.3 is 6.09 Å². The quantitative estimate of drug-likeness (QED) is 0.791. The summed E-state index contributed by atoms with van der Waals surface area (Å²) >= 11 is 3.70. The SMILES string of the molecule is CN1CC[C@@]2(C)c3cc(OC(=O)NN4CCCCC4)cc(Br)c3N(C)[C@@H]12. The van der Waals surface area contributed by atoms with Gasteiger partial charge in [-0.05, 0) is 59.9 Å². The number of anilines is 1. The van der Waals surface area contributed by atoms with Crippen molar-refractivity contribution < 1.29 is 9.53 Å². The molecule has 0 unspecified atom stereocenters. The summed E-state index contributed by atoms with van der Waals surface area (Å²) < 4.78 is 6.60. The lowest BCUT2D eigenvalue weighted by Crippen LogP contribution is -2.46. The van der Waals surface area contributed by atoms with Crippen LogP contribution in [0.2, 0.25) is 0 Å². The van der Waals surface area contributed by atoms with E-state index in [4.69, 9.17) is 4.74 Å². The number of likely N-dealkylation sites (tertiary alicyclic amines) is 1. The van der Waals surface area contributed by atoms with Gasteiger partial charge in [0.15, 0.2) is 0 Å². The maximum absolute atomic E-state index is 12.3.